The molecule has 0 heterocycles. The van der Waals surface area contributed by atoms with Crippen molar-refractivity contribution in [3.8, 4) is 0 Å². The quantitative estimate of drug-likeness (QED) is 0.729. The molecule has 1 aromatic carbocycles. The van der Waals surface area contributed by atoms with Crippen molar-refractivity contribution in [2.24, 2.45) is 0 Å². The van der Waals surface area contributed by atoms with Gasteiger partial charge in [0, 0.05) is 16.7 Å². The van der Waals surface area contributed by atoms with E-state index in [1.165, 1.54) is 0 Å². The summed E-state index contributed by atoms with van der Waals surface area (Å²) in [4.78, 5) is 13.9. The lowest BCUT2D eigenvalue weighted by molar-refractivity contribution is -0.117. The van der Waals surface area contributed by atoms with E-state index in [4.69, 9.17) is 5.11 Å². The Morgan fingerprint density at radius 2 is 2.17 bits per heavy atom. The average Bonchev–Trinajstić information content (AvgIpc) is 2.37. The molecule has 0 spiro atoms. The van der Waals surface area contributed by atoms with Crippen LogP contribution in [-0.4, -0.2) is 42.2 Å². The second kappa shape index (κ2) is 8.44. The largest absolute Gasteiger partial charge is 0.396 e. The topological polar surface area (TPSA) is 52.6 Å². The van der Waals surface area contributed by atoms with Crippen LogP contribution in [0.5, 0.6) is 0 Å². The van der Waals surface area contributed by atoms with Crippen LogP contribution in [0, 0.1) is 3.57 Å². The number of anilines is 1. The number of benzene rings is 1. The van der Waals surface area contributed by atoms with E-state index < -0.39 is 0 Å². The monoisotopic (exact) mass is 362 g/mol. The van der Waals surface area contributed by atoms with Gasteiger partial charge < -0.3 is 10.4 Å². The highest BCUT2D eigenvalue weighted by Gasteiger charge is 2.09. The van der Waals surface area contributed by atoms with Crippen molar-refractivity contribution in [1.82, 2.24) is 4.90 Å². The zero-order valence-corrected chi connectivity index (χ0v) is 12.7. The average molecular weight is 362 g/mol. The number of likely N-dealkylation sites (N-methyl/N-ethyl adjacent to an activating group) is 1. The molecule has 0 aliphatic carbocycles. The van der Waals surface area contributed by atoms with Crippen molar-refractivity contribution < 1.29 is 9.90 Å². The lowest BCUT2D eigenvalue weighted by Gasteiger charge is -2.19. The van der Waals surface area contributed by atoms with Gasteiger partial charge in [0.1, 0.15) is 0 Å². The zero-order valence-electron chi connectivity index (χ0n) is 10.5. The summed E-state index contributed by atoms with van der Waals surface area (Å²) in [6.45, 7) is 4.08. The number of aliphatic hydroxyl groups is 1. The molecule has 0 atom stereocenters. The SMILES string of the molecule is CCN(CCCO)CC(=O)Nc1ccccc1I. The van der Waals surface area contributed by atoms with Crippen molar-refractivity contribution in [1.29, 1.82) is 0 Å². The van der Waals surface area contributed by atoms with Crippen LogP contribution in [0.15, 0.2) is 24.3 Å². The third-order valence-corrected chi connectivity index (χ3v) is 3.54. The third kappa shape index (κ3) is 5.32. The van der Waals surface area contributed by atoms with Gasteiger partial charge in [0.25, 0.3) is 0 Å². The fourth-order valence-electron chi connectivity index (χ4n) is 1.60. The minimum Gasteiger partial charge on any atom is -0.396 e. The Kier molecular flexibility index (Phi) is 7.22. The minimum atomic E-state index is -0.0149. The van der Waals surface area contributed by atoms with Crippen LogP contribution in [0.1, 0.15) is 13.3 Å². The van der Waals surface area contributed by atoms with Gasteiger partial charge in [-0.15, -0.1) is 0 Å². The van der Waals surface area contributed by atoms with Crippen molar-refractivity contribution in [2.45, 2.75) is 13.3 Å². The van der Waals surface area contributed by atoms with E-state index in [2.05, 4.69) is 27.9 Å². The molecular formula is C13H19IN2O2. The standard InChI is InChI=1S/C13H19IN2O2/c1-2-16(8-5-9-17)10-13(18)15-12-7-4-3-6-11(12)14/h3-4,6-7,17H,2,5,8-10H2,1H3,(H,15,18). The van der Waals surface area contributed by atoms with E-state index in [0.29, 0.717) is 13.0 Å². The van der Waals surface area contributed by atoms with Crippen LogP contribution < -0.4 is 5.32 Å². The van der Waals surface area contributed by atoms with Crippen LogP contribution in [0.3, 0.4) is 0 Å². The van der Waals surface area contributed by atoms with Crippen molar-refractivity contribution in [3.63, 3.8) is 0 Å². The summed E-state index contributed by atoms with van der Waals surface area (Å²) in [6.07, 6.45) is 0.698. The van der Waals surface area contributed by atoms with Crippen molar-refractivity contribution in [3.05, 3.63) is 27.8 Å². The fourth-order valence-corrected chi connectivity index (χ4v) is 2.12. The van der Waals surface area contributed by atoms with Gasteiger partial charge in [-0.2, -0.15) is 0 Å². The predicted molar refractivity (Wildman–Crippen MR) is 81.6 cm³/mol. The Labute approximate surface area is 122 Å². The summed E-state index contributed by atoms with van der Waals surface area (Å²) >= 11 is 2.20. The summed E-state index contributed by atoms with van der Waals surface area (Å²) in [6, 6.07) is 7.70. The number of carbonyl (C=O) groups excluding carboxylic acids is 1. The molecule has 4 nitrogen and oxygen atoms in total. The molecule has 0 unspecified atom stereocenters. The van der Waals surface area contributed by atoms with Gasteiger partial charge >= 0.3 is 0 Å². The van der Waals surface area contributed by atoms with Gasteiger partial charge in [0.2, 0.25) is 5.91 Å². The molecule has 2 N–H and O–H groups in total. The van der Waals surface area contributed by atoms with Gasteiger partial charge in [-0.05, 0) is 47.7 Å². The number of nitrogens with one attached hydrogen (secondary N) is 1. The van der Waals surface area contributed by atoms with Crippen molar-refractivity contribution in [2.75, 3.05) is 31.6 Å². The second-order valence-electron chi connectivity index (χ2n) is 3.97. The molecule has 0 fully saturated rings. The lowest BCUT2D eigenvalue weighted by atomic mass is 10.3. The van der Waals surface area contributed by atoms with Crippen LogP contribution >= 0.6 is 22.6 Å². The molecule has 0 radical (unpaired) electrons. The minimum absolute atomic E-state index is 0.0149. The number of hydrogen-bond donors (Lipinski definition) is 2. The number of nitrogens with zero attached hydrogens (tertiary/aromatic N) is 1. The molecule has 0 aliphatic rings. The lowest BCUT2D eigenvalue weighted by Crippen LogP contribution is -2.34. The summed E-state index contributed by atoms with van der Waals surface area (Å²) < 4.78 is 1.03. The first-order chi connectivity index (χ1) is 8.67. The first-order valence-corrected chi connectivity index (χ1v) is 7.12. The molecule has 0 aromatic heterocycles. The van der Waals surface area contributed by atoms with E-state index in [9.17, 15) is 4.79 Å². The van der Waals surface area contributed by atoms with Gasteiger partial charge in [0.15, 0.2) is 0 Å². The molecule has 100 valence electrons. The molecule has 1 rings (SSSR count). The number of rotatable bonds is 7. The van der Waals surface area contributed by atoms with Crippen LogP contribution in [0.2, 0.25) is 0 Å². The van der Waals surface area contributed by atoms with Gasteiger partial charge in [-0.1, -0.05) is 19.1 Å². The van der Waals surface area contributed by atoms with E-state index in [1.54, 1.807) is 0 Å². The smallest absolute Gasteiger partial charge is 0.238 e. The number of halogens is 1. The highest BCUT2D eigenvalue weighted by molar-refractivity contribution is 14.1. The number of carbonyl (C=O) groups is 1. The summed E-state index contributed by atoms with van der Waals surface area (Å²) in [5, 5.41) is 11.7. The second-order valence-corrected chi connectivity index (χ2v) is 5.14. The first kappa shape index (κ1) is 15.4. The molecule has 0 aliphatic heterocycles. The highest BCUT2D eigenvalue weighted by Crippen LogP contribution is 2.16. The molecule has 18 heavy (non-hydrogen) atoms. The highest BCUT2D eigenvalue weighted by atomic mass is 127. The summed E-state index contributed by atoms with van der Waals surface area (Å²) in [7, 11) is 0. The normalized spacial score (nSPS) is 10.7. The van der Waals surface area contributed by atoms with E-state index in [0.717, 1.165) is 22.3 Å². The molecule has 0 bridgehead atoms. The molecular weight excluding hydrogens is 343 g/mol. The Balaban J connectivity index is 2.48. The molecule has 0 saturated carbocycles. The van der Waals surface area contributed by atoms with E-state index >= 15 is 0 Å². The van der Waals surface area contributed by atoms with Gasteiger partial charge in [-0.25, -0.2) is 0 Å². The molecule has 1 aromatic rings. The Morgan fingerprint density at radius 3 is 2.78 bits per heavy atom. The first-order valence-electron chi connectivity index (χ1n) is 6.05. The van der Waals surface area contributed by atoms with E-state index in [1.807, 2.05) is 36.1 Å². The van der Waals surface area contributed by atoms with Crippen LogP contribution in [-0.2, 0) is 4.79 Å². The van der Waals surface area contributed by atoms with Gasteiger partial charge in [0.05, 0.1) is 12.2 Å². The predicted octanol–water partition coefficient (Wildman–Crippen LogP) is 1.93. The summed E-state index contributed by atoms with van der Waals surface area (Å²) in [5.74, 6) is -0.0149. The maximum atomic E-state index is 11.9. The van der Waals surface area contributed by atoms with Crippen LogP contribution in [0.25, 0.3) is 0 Å². The van der Waals surface area contributed by atoms with Crippen molar-refractivity contribution >= 4 is 34.2 Å². The number of hydrogen-bond acceptors (Lipinski definition) is 3. The zero-order chi connectivity index (χ0) is 13.4. The van der Waals surface area contributed by atoms with E-state index in [-0.39, 0.29) is 12.5 Å². The third-order valence-electron chi connectivity index (χ3n) is 2.59. The Hall–Kier alpha value is -0.660. The molecule has 5 heteroatoms. The summed E-state index contributed by atoms with van der Waals surface area (Å²) in [5.41, 5.74) is 0.848. The molecule has 1 amide bonds. The van der Waals surface area contributed by atoms with Crippen LogP contribution in [0.4, 0.5) is 5.69 Å². The number of aliphatic hydroxyl groups excluding tert-OH is 1. The molecule has 0 saturated heterocycles. The Bertz CT molecular complexity index is 385. The maximum Gasteiger partial charge on any atom is 0.238 e. The number of amides is 1. The van der Waals surface area contributed by atoms with Gasteiger partial charge in [-0.3, -0.25) is 9.69 Å². The number of para-hydroxylation sites is 1. The maximum absolute atomic E-state index is 11.9. The fraction of sp³-hybridized carbons (Fsp3) is 0.462. The Morgan fingerprint density at radius 1 is 1.44 bits per heavy atom.